The number of nitrogens with two attached hydrogens (primary N) is 1. The summed E-state index contributed by atoms with van der Waals surface area (Å²) in [6.07, 6.45) is -0.558. The first-order chi connectivity index (χ1) is 22.7. The molecule has 0 radical (unpaired) electrons. The number of anilines is 1. The number of carboxylic acids is 1. The molecule has 4 aromatic carbocycles. The Labute approximate surface area is 272 Å². The molecule has 0 unspecified atom stereocenters. The molecule has 0 spiro atoms. The maximum atomic E-state index is 13.3. The Hall–Kier alpha value is -5.97. The maximum absolute atomic E-state index is 13.3. The van der Waals surface area contributed by atoms with Crippen LogP contribution in [0, 0.1) is 0 Å². The second kappa shape index (κ2) is 15.3. The van der Waals surface area contributed by atoms with Gasteiger partial charge in [0.2, 0.25) is 5.91 Å². The Balaban J connectivity index is 1.19. The van der Waals surface area contributed by atoms with Crippen LogP contribution < -0.4 is 16.4 Å². The van der Waals surface area contributed by atoms with Crippen LogP contribution >= 0.6 is 0 Å². The topological polar surface area (TPSA) is 163 Å². The summed E-state index contributed by atoms with van der Waals surface area (Å²) in [6.45, 7) is 1.02. The van der Waals surface area contributed by atoms with E-state index in [-0.39, 0.29) is 37.3 Å². The first-order valence-electron chi connectivity index (χ1n) is 15.1. The second-order valence-corrected chi connectivity index (χ2v) is 11.1. The average Bonchev–Trinajstić information content (AvgIpc) is 3.21. The molecule has 0 saturated carbocycles. The van der Waals surface area contributed by atoms with Crippen LogP contribution in [-0.4, -0.2) is 52.3 Å². The van der Waals surface area contributed by atoms with Crippen molar-refractivity contribution in [1.82, 2.24) is 10.2 Å². The first-order valence-corrected chi connectivity index (χ1v) is 15.1. The molecule has 0 saturated heterocycles. The summed E-state index contributed by atoms with van der Waals surface area (Å²) in [5.41, 5.74) is 10.9. The number of nitrogens with one attached hydrogen (secondary N) is 2. The number of hydrogen-bond acceptors (Lipinski definition) is 6. The molecule has 1 atom stereocenters. The molecule has 0 fully saturated rings. The fraction of sp³-hybridized carbons (Fsp3) is 0.194. The third-order valence-corrected chi connectivity index (χ3v) is 7.68. The molecule has 5 N–H and O–H groups in total. The Kier molecular flexibility index (Phi) is 10.6. The van der Waals surface area contributed by atoms with E-state index in [2.05, 4.69) is 15.6 Å². The maximum Gasteiger partial charge on any atom is 0.435 e. The van der Waals surface area contributed by atoms with Crippen LogP contribution in [0.5, 0.6) is 0 Å². The standard InChI is InChI=1S/C36H35N5O6/c37-33(40-36(46)47-23-26-9-5-2-6-10-26)27-13-11-25(12-14-27)21-38-34(44)28-15-16-29-22-41(18-17-24-7-3-1-4-8-24)35(45)31(20-32(42)43)39-30(29)19-28/h1-16,19,31,39H,17-18,20-23H2,(H,38,44)(H,42,43)(H2,37,40,46)/t31-/m1/s1. The summed E-state index contributed by atoms with van der Waals surface area (Å²) in [5, 5.41) is 15.4. The number of amides is 3. The molecule has 3 amide bonds. The van der Waals surface area contributed by atoms with Gasteiger partial charge in [-0.2, -0.15) is 4.99 Å². The lowest BCUT2D eigenvalue weighted by Gasteiger charge is -2.24. The van der Waals surface area contributed by atoms with E-state index in [1.54, 1.807) is 47.4 Å². The largest absolute Gasteiger partial charge is 0.481 e. The summed E-state index contributed by atoms with van der Waals surface area (Å²) < 4.78 is 5.15. The molecule has 4 aromatic rings. The van der Waals surface area contributed by atoms with Gasteiger partial charge in [-0.3, -0.25) is 14.4 Å². The van der Waals surface area contributed by atoms with Crippen molar-refractivity contribution in [2.45, 2.75) is 38.6 Å². The number of amidine groups is 1. The number of rotatable bonds is 11. The van der Waals surface area contributed by atoms with Gasteiger partial charge in [0.05, 0.1) is 6.42 Å². The zero-order valence-electron chi connectivity index (χ0n) is 25.6. The quantitative estimate of drug-likeness (QED) is 0.139. The van der Waals surface area contributed by atoms with Crippen LogP contribution in [0.15, 0.2) is 108 Å². The van der Waals surface area contributed by atoms with Crippen LogP contribution in [0.1, 0.15) is 44.6 Å². The predicted molar refractivity (Wildman–Crippen MR) is 177 cm³/mol. The molecule has 1 aliphatic rings. The van der Waals surface area contributed by atoms with Crippen LogP contribution in [0.25, 0.3) is 0 Å². The number of nitrogens with zero attached hydrogens (tertiary/aromatic N) is 2. The molecule has 1 heterocycles. The lowest BCUT2D eigenvalue weighted by atomic mass is 10.1. The highest BCUT2D eigenvalue weighted by Crippen LogP contribution is 2.26. The summed E-state index contributed by atoms with van der Waals surface area (Å²) in [7, 11) is 0. The van der Waals surface area contributed by atoms with E-state index < -0.39 is 24.5 Å². The molecule has 5 rings (SSSR count). The minimum absolute atomic E-state index is 0.00874. The minimum atomic E-state index is -1.10. The van der Waals surface area contributed by atoms with Gasteiger partial charge in [-0.25, -0.2) is 4.79 Å². The van der Waals surface area contributed by atoms with Gasteiger partial charge in [0, 0.05) is 36.4 Å². The summed E-state index contributed by atoms with van der Waals surface area (Å²) in [4.78, 5) is 55.6. The number of ether oxygens (including phenoxy) is 1. The van der Waals surface area contributed by atoms with Crippen molar-refractivity contribution in [3.63, 3.8) is 0 Å². The van der Waals surface area contributed by atoms with Crippen molar-refractivity contribution >= 4 is 35.4 Å². The molecular formula is C36H35N5O6. The second-order valence-electron chi connectivity index (χ2n) is 11.1. The van der Waals surface area contributed by atoms with E-state index in [9.17, 15) is 24.3 Å². The summed E-state index contributed by atoms with van der Waals surface area (Å²) >= 11 is 0. The Bertz CT molecular complexity index is 1760. The first kappa shape index (κ1) is 32.4. The van der Waals surface area contributed by atoms with Crippen molar-refractivity contribution < 1.29 is 29.0 Å². The van der Waals surface area contributed by atoms with Gasteiger partial charge in [-0.15, -0.1) is 0 Å². The van der Waals surface area contributed by atoms with E-state index in [1.807, 2.05) is 60.7 Å². The van der Waals surface area contributed by atoms with Crippen LogP contribution in [0.3, 0.4) is 0 Å². The summed E-state index contributed by atoms with van der Waals surface area (Å²) in [6, 6.07) is 30.1. The molecule has 240 valence electrons. The van der Waals surface area contributed by atoms with Gasteiger partial charge >= 0.3 is 12.1 Å². The predicted octanol–water partition coefficient (Wildman–Crippen LogP) is 4.50. The third-order valence-electron chi connectivity index (χ3n) is 7.68. The van der Waals surface area contributed by atoms with Crippen LogP contribution in [0.2, 0.25) is 0 Å². The molecule has 47 heavy (non-hydrogen) atoms. The molecule has 11 nitrogen and oxygen atoms in total. The number of aliphatic carboxylic acids is 1. The number of carboxylic acid groups (broad SMARTS) is 1. The molecule has 11 heteroatoms. The smallest absolute Gasteiger partial charge is 0.435 e. The highest BCUT2D eigenvalue weighted by Gasteiger charge is 2.31. The van der Waals surface area contributed by atoms with Gasteiger partial charge in [0.1, 0.15) is 18.5 Å². The number of fused-ring (bicyclic) bond motifs is 1. The van der Waals surface area contributed by atoms with Crippen LogP contribution in [-0.2, 0) is 40.4 Å². The zero-order valence-corrected chi connectivity index (χ0v) is 25.6. The van der Waals surface area contributed by atoms with Crippen LogP contribution in [0.4, 0.5) is 10.5 Å². The van der Waals surface area contributed by atoms with E-state index in [1.165, 1.54) is 0 Å². The van der Waals surface area contributed by atoms with Gasteiger partial charge < -0.3 is 31.1 Å². The van der Waals surface area contributed by atoms with Crippen molar-refractivity contribution in [2.24, 2.45) is 10.7 Å². The fourth-order valence-electron chi connectivity index (χ4n) is 5.15. The SMILES string of the molecule is NC(=NC(=O)OCc1ccccc1)c1ccc(CNC(=O)c2ccc3c(c2)N[C@H](CC(=O)O)C(=O)N(CCc2ccccc2)C3)cc1. The Morgan fingerprint density at radius 3 is 2.23 bits per heavy atom. The van der Waals surface area contributed by atoms with Gasteiger partial charge in [-0.1, -0.05) is 91.0 Å². The lowest BCUT2D eigenvalue weighted by Crippen LogP contribution is -2.42. The average molecular weight is 634 g/mol. The van der Waals surface area contributed by atoms with Crippen molar-refractivity contribution in [3.8, 4) is 0 Å². The number of carbonyl (C=O) groups excluding carboxylic acids is 3. The van der Waals surface area contributed by atoms with Gasteiger partial charge in [0.15, 0.2) is 0 Å². The zero-order chi connectivity index (χ0) is 33.2. The number of aliphatic imine (C=N–C) groups is 1. The van der Waals surface area contributed by atoms with E-state index in [0.717, 1.165) is 22.3 Å². The van der Waals surface area contributed by atoms with E-state index >= 15 is 0 Å². The minimum Gasteiger partial charge on any atom is -0.481 e. The number of benzene rings is 4. The lowest BCUT2D eigenvalue weighted by molar-refractivity contribution is -0.141. The molecular weight excluding hydrogens is 598 g/mol. The Morgan fingerprint density at radius 2 is 1.55 bits per heavy atom. The normalized spacial score (nSPS) is 14.4. The highest BCUT2D eigenvalue weighted by molar-refractivity contribution is 6.02. The molecule has 0 aliphatic carbocycles. The summed E-state index contributed by atoms with van der Waals surface area (Å²) in [5.74, 6) is -1.73. The fourth-order valence-corrected chi connectivity index (χ4v) is 5.15. The molecule has 0 aromatic heterocycles. The highest BCUT2D eigenvalue weighted by atomic mass is 16.5. The van der Waals surface area contributed by atoms with E-state index in [4.69, 9.17) is 10.5 Å². The van der Waals surface area contributed by atoms with Crippen molar-refractivity contribution in [3.05, 3.63) is 137 Å². The van der Waals surface area contributed by atoms with E-state index in [0.29, 0.717) is 29.8 Å². The molecule has 0 bridgehead atoms. The van der Waals surface area contributed by atoms with Gasteiger partial charge in [-0.05, 0) is 40.8 Å². The monoisotopic (exact) mass is 633 g/mol. The third kappa shape index (κ3) is 9.04. The van der Waals surface area contributed by atoms with Gasteiger partial charge in [0.25, 0.3) is 5.91 Å². The Morgan fingerprint density at radius 1 is 0.894 bits per heavy atom. The van der Waals surface area contributed by atoms with Crippen molar-refractivity contribution in [1.29, 1.82) is 0 Å². The molecule has 1 aliphatic heterocycles. The number of carbonyl (C=O) groups is 4. The van der Waals surface area contributed by atoms with Crippen molar-refractivity contribution in [2.75, 3.05) is 11.9 Å². The number of hydrogen-bond donors (Lipinski definition) is 4.